The van der Waals surface area contributed by atoms with Crippen LogP contribution in [0.1, 0.15) is 30.6 Å². The summed E-state index contributed by atoms with van der Waals surface area (Å²) < 4.78 is 6.25. The Morgan fingerprint density at radius 2 is 2.17 bits per heavy atom. The smallest absolute Gasteiger partial charge is 0.228 e. The molecule has 1 aromatic heterocycles. The SMILES string of the molecule is CCC(N)Cc1nc(Cc2ccccc2Br)no1. The van der Waals surface area contributed by atoms with Crippen LogP contribution in [-0.2, 0) is 12.8 Å². The fourth-order valence-corrected chi connectivity index (χ4v) is 2.05. The van der Waals surface area contributed by atoms with Crippen molar-refractivity contribution in [2.45, 2.75) is 32.2 Å². The Labute approximate surface area is 115 Å². The summed E-state index contributed by atoms with van der Waals surface area (Å²) in [7, 11) is 0. The summed E-state index contributed by atoms with van der Waals surface area (Å²) in [6, 6.07) is 8.10. The van der Waals surface area contributed by atoms with E-state index in [9.17, 15) is 0 Å². The van der Waals surface area contributed by atoms with Crippen LogP contribution in [0.15, 0.2) is 33.3 Å². The maximum absolute atomic E-state index is 5.86. The van der Waals surface area contributed by atoms with Crippen molar-refractivity contribution in [2.75, 3.05) is 0 Å². The molecule has 96 valence electrons. The van der Waals surface area contributed by atoms with E-state index in [2.05, 4.69) is 26.1 Å². The molecule has 0 saturated heterocycles. The zero-order chi connectivity index (χ0) is 13.0. The molecule has 2 N–H and O–H groups in total. The van der Waals surface area contributed by atoms with Crippen molar-refractivity contribution in [2.24, 2.45) is 5.73 Å². The number of nitrogens with zero attached hydrogens (tertiary/aromatic N) is 2. The molecule has 0 radical (unpaired) electrons. The molecule has 0 saturated carbocycles. The average molecular weight is 310 g/mol. The summed E-state index contributed by atoms with van der Waals surface area (Å²) in [6.45, 7) is 2.04. The van der Waals surface area contributed by atoms with Crippen LogP contribution in [0.4, 0.5) is 0 Å². The minimum Gasteiger partial charge on any atom is -0.339 e. The highest BCUT2D eigenvalue weighted by molar-refractivity contribution is 9.10. The summed E-state index contributed by atoms with van der Waals surface area (Å²) in [5, 5.41) is 3.98. The van der Waals surface area contributed by atoms with Gasteiger partial charge < -0.3 is 10.3 Å². The Morgan fingerprint density at radius 3 is 2.89 bits per heavy atom. The van der Waals surface area contributed by atoms with Crippen LogP contribution in [0.25, 0.3) is 0 Å². The highest BCUT2D eigenvalue weighted by Crippen LogP contribution is 2.18. The van der Waals surface area contributed by atoms with Crippen molar-refractivity contribution >= 4 is 15.9 Å². The highest BCUT2D eigenvalue weighted by Gasteiger charge is 2.11. The predicted molar refractivity (Wildman–Crippen MR) is 73.2 cm³/mol. The van der Waals surface area contributed by atoms with Crippen LogP contribution in [0.2, 0.25) is 0 Å². The first-order valence-corrected chi connectivity index (χ1v) is 6.78. The quantitative estimate of drug-likeness (QED) is 0.922. The molecule has 0 fully saturated rings. The van der Waals surface area contributed by atoms with Gasteiger partial charge in [0.25, 0.3) is 0 Å². The topological polar surface area (TPSA) is 64.9 Å². The molecule has 18 heavy (non-hydrogen) atoms. The van der Waals surface area contributed by atoms with Crippen molar-refractivity contribution in [1.82, 2.24) is 10.1 Å². The third kappa shape index (κ3) is 3.40. The van der Waals surface area contributed by atoms with Crippen molar-refractivity contribution in [3.63, 3.8) is 0 Å². The van der Waals surface area contributed by atoms with Crippen molar-refractivity contribution in [3.8, 4) is 0 Å². The van der Waals surface area contributed by atoms with Gasteiger partial charge in [-0.2, -0.15) is 4.98 Å². The van der Waals surface area contributed by atoms with E-state index < -0.39 is 0 Å². The summed E-state index contributed by atoms with van der Waals surface area (Å²) in [5.41, 5.74) is 7.00. The van der Waals surface area contributed by atoms with Crippen molar-refractivity contribution in [1.29, 1.82) is 0 Å². The molecule has 4 nitrogen and oxygen atoms in total. The highest BCUT2D eigenvalue weighted by atomic mass is 79.9. The summed E-state index contributed by atoms with van der Waals surface area (Å²) in [5.74, 6) is 1.31. The first-order chi connectivity index (χ1) is 8.69. The van der Waals surface area contributed by atoms with Gasteiger partial charge in [-0.1, -0.05) is 46.2 Å². The van der Waals surface area contributed by atoms with Gasteiger partial charge in [-0.05, 0) is 18.1 Å². The predicted octanol–water partition coefficient (Wildman–Crippen LogP) is 2.70. The number of hydrogen-bond donors (Lipinski definition) is 1. The second kappa shape index (κ2) is 6.11. The molecule has 1 aromatic carbocycles. The first-order valence-electron chi connectivity index (χ1n) is 5.99. The fraction of sp³-hybridized carbons (Fsp3) is 0.385. The van der Waals surface area contributed by atoms with Crippen LogP contribution in [-0.4, -0.2) is 16.2 Å². The first kappa shape index (κ1) is 13.2. The summed E-state index contributed by atoms with van der Waals surface area (Å²) in [6.07, 6.45) is 2.20. The Bertz CT molecular complexity index is 512. The number of rotatable bonds is 5. The van der Waals surface area contributed by atoms with E-state index in [1.807, 2.05) is 31.2 Å². The Balaban J connectivity index is 2.05. The lowest BCUT2D eigenvalue weighted by Crippen LogP contribution is -2.21. The van der Waals surface area contributed by atoms with E-state index in [-0.39, 0.29) is 6.04 Å². The molecule has 0 aliphatic rings. The Hall–Kier alpha value is -1.20. The third-order valence-corrected chi connectivity index (χ3v) is 3.55. The largest absolute Gasteiger partial charge is 0.339 e. The van der Waals surface area contributed by atoms with E-state index >= 15 is 0 Å². The standard InChI is InChI=1S/C13H16BrN3O/c1-2-10(15)8-13-16-12(17-18-13)7-9-5-3-4-6-11(9)14/h3-6,10H,2,7-8,15H2,1H3. The van der Waals surface area contributed by atoms with E-state index in [0.29, 0.717) is 24.6 Å². The van der Waals surface area contributed by atoms with Crippen LogP contribution < -0.4 is 5.73 Å². The van der Waals surface area contributed by atoms with Gasteiger partial charge in [0.2, 0.25) is 5.89 Å². The molecular weight excluding hydrogens is 294 g/mol. The number of hydrogen-bond acceptors (Lipinski definition) is 4. The van der Waals surface area contributed by atoms with Crippen LogP contribution in [0.3, 0.4) is 0 Å². The fourth-order valence-electron chi connectivity index (χ4n) is 1.63. The van der Waals surface area contributed by atoms with Crippen LogP contribution >= 0.6 is 15.9 Å². The number of halogens is 1. The Kier molecular flexibility index (Phi) is 4.49. The van der Waals surface area contributed by atoms with Gasteiger partial charge >= 0.3 is 0 Å². The van der Waals surface area contributed by atoms with Gasteiger partial charge in [0.15, 0.2) is 5.82 Å². The summed E-state index contributed by atoms with van der Waals surface area (Å²) in [4.78, 5) is 4.36. The maximum Gasteiger partial charge on any atom is 0.228 e. The molecule has 5 heteroatoms. The molecule has 0 aliphatic heterocycles. The van der Waals surface area contributed by atoms with E-state index in [1.165, 1.54) is 0 Å². The van der Waals surface area contributed by atoms with Crippen LogP contribution in [0, 0.1) is 0 Å². The molecule has 1 atom stereocenters. The maximum atomic E-state index is 5.86. The molecule has 2 aromatic rings. The van der Waals surface area contributed by atoms with Crippen molar-refractivity contribution in [3.05, 3.63) is 46.0 Å². The van der Waals surface area contributed by atoms with E-state index in [0.717, 1.165) is 16.5 Å². The Morgan fingerprint density at radius 1 is 1.39 bits per heavy atom. The van der Waals surface area contributed by atoms with Gasteiger partial charge in [0, 0.05) is 23.4 Å². The van der Waals surface area contributed by atoms with Gasteiger partial charge in [-0.25, -0.2) is 0 Å². The number of benzene rings is 1. The zero-order valence-electron chi connectivity index (χ0n) is 10.3. The van der Waals surface area contributed by atoms with Gasteiger partial charge in [0.1, 0.15) is 0 Å². The van der Waals surface area contributed by atoms with Gasteiger partial charge in [-0.3, -0.25) is 0 Å². The molecule has 0 spiro atoms. The molecule has 1 heterocycles. The lowest BCUT2D eigenvalue weighted by atomic mass is 10.1. The van der Waals surface area contributed by atoms with Crippen molar-refractivity contribution < 1.29 is 4.52 Å². The second-order valence-electron chi connectivity index (χ2n) is 4.24. The molecule has 1 unspecified atom stereocenters. The zero-order valence-corrected chi connectivity index (χ0v) is 11.9. The molecular formula is C13H16BrN3O. The monoisotopic (exact) mass is 309 g/mol. The average Bonchev–Trinajstić information content (AvgIpc) is 2.79. The molecule has 0 amide bonds. The second-order valence-corrected chi connectivity index (χ2v) is 5.10. The lowest BCUT2D eigenvalue weighted by Gasteiger charge is -2.02. The molecule has 0 bridgehead atoms. The van der Waals surface area contributed by atoms with E-state index in [4.69, 9.17) is 10.3 Å². The van der Waals surface area contributed by atoms with Gasteiger partial charge in [-0.15, -0.1) is 0 Å². The molecule has 0 aliphatic carbocycles. The minimum atomic E-state index is 0.0850. The number of aromatic nitrogens is 2. The third-order valence-electron chi connectivity index (χ3n) is 2.78. The lowest BCUT2D eigenvalue weighted by molar-refractivity contribution is 0.363. The minimum absolute atomic E-state index is 0.0850. The summed E-state index contributed by atoms with van der Waals surface area (Å²) >= 11 is 3.51. The molecule has 2 rings (SSSR count). The normalized spacial score (nSPS) is 12.6. The van der Waals surface area contributed by atoms with Gasteiger partial charge in [0.05, 0.1) is 0 Å². The van der Waals surface area contributed by atoms with E-state index in [1.54, 1.807) is 0 Å². The van der Waals surface area contributed by atoms with Crippen LogP contribution in [0.5, 0.6) is 0 Å². The number of nitrogens with two attached hydrogens (primary N) is 1.